The van der Waals surface area contributed by atoms with Crippen molar-refractivity contribution in [1.29, 1.82) is 0 Å². The number of aryl methyl sites for hydroxylation is 2. The molecule has 100 valence electrons. The number of carbonyl (C=O) groups is 1. The standard InChI is InChI=1S/C12H11F2N3O2/c1-3-8-15-11(12(18)19)16-17(8)10-7(13)5-4-6(2)9(10)14/h4-5H,3H2,1-2H3,(H,18,19). The topological polar surface area (TPSA) is 68.0 Å². The third-order valence-corrected chi connectivity index (χ3v) is 2.65. The van der Waals surface area contributed by atoms with Gasteiger partial charge in [0, 0.05) is 6.42 Å². The molecule has 7 heteroatoms. The minimum absolute atomic E-state index is 0.181. The summed E-state index contributed by atoms with van der Waals surface area (Å²) in [4.78, 5) is 14.6. The summed E-state index contributed by atoms with van der Waals surface area (Å²) in [7, 11) is 0. The fourth-order valence-corrected chi connectivity index (χ4v) is 1.68. The molecule has 2 rings (SSSR count). The molecule has 0 fully saturated rings. The first-order valence-corrected chi connectivity index (χ1v) is 5.60. The molecule has 0 saturated carbocycles. The number of aromatic carboxylic acids is 1. The second kappa shape index (κ2) is 4.75. The molecule has 0 spiro atoms. The van der Waals surface area contributed by atoms with Gasteiger partial charge in [-0.05, 0) is 18.6 Å². The first-order valence-electron chi connectivity index (χ1n) is 5.60. The monoisotopic (exact) mass is 267 g/mol. The summed E-state index contributed by atoms with van der Waals surface area (Å²) in [5, 5.41) is 12.5. The van der Waals surface area contributed by atoms with Gasteiger partial charge in [0.15, 0.2) is 11.6 Å². The molecule has 0 unspecified atom stereocenters. The predicted octanol–water partition coefficient (Wildman–Crippen LogP) is 2.11. The fraction of sp³-hybridized carbons (Fsp3) is 0.250. The molecule has 0 aliphatic carbocycles. The van der Waals surface area contributed by atoms with E-state index in [2.05, 4.69) is 10.1 Å². The highest BCUT2D eigenvalue weighted by Gasteiger charge is 2.21. The second-order valence-corrected chi connectivity index (χ2v) is 3.95. The number of benzene rings is 1. The first-order chi connectivity index (χ1) is 8.95. The molecule has 5 nitrogen and oxygen atoms in total. The van der Waals surface area contributed by atoms with E-state index in [1.807, 2.05) is 0 Å². The quantitative estimate of drug-likeness (QED) is 0.924. The third kappa shape index (κ3) is 2.18. The van der Waals surface area contributed by atoms with Crippen LogP contribution >= 0.6 is 0 Å². The highest BCUT2D eigenvalue weighted by molar-refractivity contribution is 5.83. The molecule has 1 heterocycles. The van der Waals surface area contributed by atoms with E-state index >= 15 is 0 Å². The van der Waals surface area contributed by atoms with Crippen LogP contribution in [0.3, 0.4) is 0 Å². The van der Waals surface area contributed by atoms with Crippen LogP contribution in [0.4, 0.5) is 8.78 Å². The lowest BCUT2D eigenvalue weighted by atomic mass is 10.2. The van der Waals surface area contributed by atoms with Gasteiger partial charge in [-0.15, -0.1) is 5.10 Å². The van der Waals surface area contributed by atoms with Crippen LogP contribution in [-0.2, 0) is 6.42 Å². The lowest BCUT2D eigenvalue weighted by molar-refractivity contribution is 0.0683. The Morgan fingerprint density at radius 2 is 2.11 bits per heavy atom. The van der Waals surface area contributed by atoms with Gasteiger partial charge in [-0.1, -0.05) is 13.0 Å². The molecule has 0 atom stereocenters. The van der Waals surface area contributed by atoms with Crippen LogP contribution in [0.2, 0.25) is 0 Å². The van der Waals surface area contributed by atoms with E-state index in [-0.39, 0.29) is 11.4 Å². The lowest BCUT2D eigenvalue weighted by Crippen LogP contribution is -2.09. The van der Waals surface area contributed by atoms with E-state index in [0.29, 0.717) is 6.42 Å². The molecule has 0 amide bonds. The Balaban J connectivity index is 2.71. The SMILES string of the molecule is CCc1nc(C(=O)O)nn1-c1c(F)ccc(C)c1F. The van der Waals surface area contributed by atoms with Gasteiger partial charge in [-0.25, -0.2) is 23.2 Å². The average Bonchev–Trinajstić information content (AvgIpc) is 2.78. The minimum Gasteiger partial charge on any atom is -0.475 e. The van der Waals surface area contributed by atoms with Crippen LogP contribution in [0.5, 0.6) is 0 Å². The predicted molar refractivity (Wildman–Crippen MR) is 62.3 cm³/mol. The smallest absolute Gasteiger partial charge is 0.375 e. The van der Waals surface area contributed by atoms with Gasteiger partial charge < -0.3 is 5.11 Å². The molecule has 0 aliphatic rings. The van der Waals surface area contributed by atoms with Crippen LogP contribution in [0.25, 0.3) is 5.69 Å². The zero-order valence-electron chi connectivity index (χ0n) is 10.3. The van der Waals surface area contributed by atoms with E-state index in [4.69, 9.17) is 5.11 Å². The van der Waals surface area contributed by atoms with Gasteiger partial charge in [0.2, 0.25) is 0 Å². The van der Waals surface area contributed by atoms with Crippen molar-refractivity contribution in [2.45, 2.75) is 20.3 Å². The maximum Gasteiger partial charge on any atom is 0.375 e. The number of aromatic nitrogens is 3. The number of carboxylic acid groups (broad SMARTS) is 1. The molecule has 1 aromatic heterocycles. The summed E-state index contributed by atoms with van der Waals surface area (Å²) in [5.41, 5.74) is -0.164. The molecule has 2 aromatic rings. The van der Waals surface area contributed by atoms with Gasteiger partial charge in [0.1, 0.15) is 11.5 Å². The molecule has 0 saturated heterocycles. The maximum absolute atomic E-state index is 14.0. The Hall–Kier alpha value is -2.31. The molecule has 0 radical (unpaired) electrons. The molecule has 19 heavy (non-hydrogen) atoms. The van der Waals surface area contributed by atoms with Crippen molar-refractivity contribution in [2.75, 3.05) is 0 Å². The fourth-order valence-electron chi connectivity index (χ4n) is 1.68. The number of hydrogen-bond acceptors (Lipinski definition) is 3. The molecule has 0 aliphatic heterocycles. The van der Waals surface area contributed by atoms with E-state index in [1.54, 1.807) is 6.92 Å². The maximum atomic E-state index is 14.0. The molecule has 0 bridgehead atoms. The number of nitrogens with zero attached hydrogens (tertiary/aromatic N) is 3. The van der Waals surface area contributed by atoms with E-state index < -0.39 is 29.1 Å². The first kappa shape index (κ1) is 13.1. The summed E-state index contributed by atoms with van der Waals surface area (Å²) in [5.74, 6) is -3.25. The summed E-state index contributed by atoms with van der Waals surface area (Å²) < 4.78 is 28.7. The highest BCUT2D eigenvalue weighted by Crippen LogP contribution is 2.21. The van der Waals surface area contributed by atoms with Gasteiger partial charge in [0.25, 0.3) is 5.82 Å². The Kier molecular flexibility index (Phi) is 3.28. The van der Waals surface area contributed by atoms with Crippen molar-refractivity contribution in [3.05, 3.63) is 41.0 Å². The number of rotatable bonds is 3. The van der Waals surface area contributed by atoms with Crippen LogP contribution in [0.1, 0.15) is 28.9 Å². The van der Waals surface area contributed by atoms with E-state index in [1.165, 1.54) is 13.0 Å². The lowest BCUT2D eigenvalue weighted by Gasteiger charge is -2.08. The normalized spacial score (nSPS) is 10.7. The molecule has 1 N–H and O–H groups in total. The van der Waals surface area contributed by atoms with Crippen molar-refractivity contribution in [1.82, 2.24) is 14.8 Å². The summed E-state index contributed by atoms with van der Waals surface area (Å²) >= 11 is 0. The number of hydrogen-bond donors (Lipinski definition) is 1. The average molecular weight is 267 g/mol. The second-order valence-electron chi connectivity index (χ2n) is 3.95. The van der Waals surface area contributed by atoms with Crippen LogP contribution < -0.4 is 0 Å². The van der Waals surface area contributed by atoms with E-state index in [9.17, 15) is 13.6 Å². The van der Waals surface area contributed by atoms with Crippen LogP contribution in [0.15, 0.2) is 12.1 Å². The summed E-state index contributed by atoms with van der Waals surface area (Å²) in [6.45, 7) is 3.18. The van der Waals surface area contributed by atoms with Gasteiger partial charge in [-0.2, -0.15) is 0 Å². The number of halogens is 2. The van der Waals surface area contributed by atoms with Gasteiger partial charge in [0.05, 0.1) is 0 Å². The van der Waals surface area contributed by atoms with Gasteiger partial charge >= 0.3 is 5.97 Å². The Morgan fingerprint density at radius 1 is 1.42 bits per heavy atom. The largest absolute Gasteiger partial charge is 0.475 e. The zero-order chi connectivity index (χ0) is 14.2. The van der Waals surface area contributed by atoms with Crippen molar-refractivity contribution in [2.24, 2.45) is 0 Å². The zero-order valence-corrected chi connectivity index (χ0v) is 10.3. The summed E-state index contributed by atoms with van der Waals surface area (Å²) in [6.07, 6.45) is 0.299. The van der Waals surface area contributed by atoms with Gasteiger partial charge in [-0.3, -0.25) is 0 Å². The van der Waals surface area contributed by atoms with Crippen LogP contribution in [-0.4, -0.2) is 25.8 Å². The van der Waals surface area contributed by atoms with Crippen molar-refractivity contribution < 1.29 is 18.7 Å². The van der Waals surface area contributed by atoms with Crippen molar-refractivity contribution in [3.8, 4) is 5.69 Å². The van der Waals surface area contributed by atoms with Crippen molar-refractivity contribution >= 4 is 5.97 Å². The molecular weight excluding hydrogens is 256 g/mol. The van der Waals surface area contributed by atoms with E-state index in [0.717, 1.165) is 10.7 Å². The molecule has 1 aromatic carbocycles. The summed E-state index contributed by atoms with van der Waals surface area (Å²) in [6, 6.07) is 2.41. The Bertz CT molecular complexity index is 653. The van der Waals surface area contributed by atoms with Crippen LogP contribution in [0, 0.1) is 18.6 Å². The van der Waals surface area contributed by atoms with Crippen molar-refractivity contribution in [3.63, 3.8) is 0 Å². The Labute approximate surface area is 107 Å². The Morgan fingerprint density at radius 3 is 2.68 bits per heavy atom. The highest BCUT2D eigenvalue weighted by atomic mass is 19.1. The minimum atomic E-state index is -1.35. The number of carboxylic acids is 1. The molecular formula is C12H11F2N3O2. The third-order valence-electron chi connectivity index (χ3n) is 2.65.